The number of furan rings is 1. The van der Waals surface area contributed by atoms with E-state index in [9.17, 15) is 4.79 Å². The molecule has 0 saturated heterocycles. The summed E-state index contributed by atoms with van der Waals surface area (Å²) in [6, 6.07) is 10.3. The third kappa shape index (κ3) is 4.04. The summed E-state index contributed by atoms with van der Waals surface area (Å²) in [6.45, 7) is 0.818. The average Bonchev–Trinajstić information content (AvgIpc) is 3.33. The van der Waals surface area contributed by atoms with Crippen LogP contribution in [0.15, 0.2) is 47.1 Å². The zero-order valence-corrected chi connectivity index (χ0v) is 14.4. The first-order valence-electron chi connectivity index (χ1n) is 7.91. The van der Waals surface area contributed by atoms with Crippen molar-refractivity contribution < 1.29 is 23.4 Å². The molecule has 26 heavy (non-hydrogen) atoms. The third-order valence-corrected chi connectivity index (χ3v) is 3.56. The summed E-state index contributed by atoms with van der Waals surface area (Å²) < 4.78 is 21.1. The van der Waals surface area contributed by atoms with Crippen molar-refractivity contribution in [3.63, 3.8) is 0 Å². The third-order valence-electron chi connectivity index (χ3n) is 3.56. The number of H-pyrrole nitrogens is 1. The molecular formula is C18H19N3O5. The van der Waals surface area contributed by atoms with Gasteiger partial charge in [0.1, 0.15) is 12.3 Å². The predicted molar refractivity (Wildman–Crippen MR) is 94.6 cm³/mol. The zero-order valence-electron chi connectivity index (χ0n) is 14.4. The Morgan fingerprint density at radius 2 is 2.08 bits per heavy atom. The topological polar surface area (TPSA) is 98.6 Å². The molecule has 0 saturated carbocycles. The molecule has 1 aromatic carbocycles. The number of nitrogens with one attached hydrogen (secondary N) is 2. The van der Waals surface area contributed by atoms with Gasteiger partial charge in [-0.1, -0.05) is 0 Å². The number of benzene rings is 1. The van der Waals surface area contributed by atoms with Gasteiger partial charge in [0.25, 0.3) is 5.91 Å². The Bertz CT molecular complexity index is 858. The van der Waals surface area contributed by atoms with Gasteiger partial charge in [0.15, 0.2) is 23.0 Å². The molecule has 0 aliphatic rings. The van der Waals surface area contributed by atoms with Crippen molar-refractivity contribution in [2.45, 2.75) is 0 Å². The second-order valence-electron chi connectivity index (χ2n) is 5.31. The Morgan fingerprint density at radius 3 is 2.81 bits per heavy atom. The molecule has 0 bridgehead atoms. The lowest BCUT2D eigenvalue weighted by Gasteiger charge is -2.12. The molecule has 1 amide bonds. The van der Waals surface area contributed by atoms with E-state index in [-0.39, 0.29) is 11.6 Å². The quantitative estimate of drug-likeness (QED) is 0.602. The average molecular weight is 357 g/mol. The highest BCUT2D eigenvalue weighted by atomic mass is 16.5. The molecule has 3 aromatic rings. The summed E-state index contributed by atoms with van der Waals surface area (Å²) in [5, 5.41) is 9.57. The molecule has 8 nitrogen and oxygen atoms in total. The number of nitrogens with zero attached hydrogens (tertiary/aromatic N) is 1. The number of hydrogen-bond acceptors (Lipinski definition) is 6. The van der Waals surface area contributed by atoms with E-state index in [1.165, 1.54) is 0 Å². The first kappa shape index (κ1) is 17.6. The van der Waals surface area contributed by atoms with Crippen LogP contribution in [0.4, 0.5) is 5.69 Å². The van der Waals surface area contributed by atoms with E-state index in [0.717, 1.165) is 0 Å². The summed E-state index contributed by atoms with van der Waals surface area (Å²) in [6.07, 6.45) is 1.55. The summed E-state index contributed by atoms with van der Waals surface area (Å²) in [5.41, 5.74) is 1.43. The second-order valence-corrected chi connectivity index (χ2v) is 5.31. The van der Waals surface area contributed by atoms with E-state index in [4.69, 9.17) is 18.6 Å². The summed E-state index contributed by atoms with van der Waals surface area (Å²) in [4.78, 5) is 12.4. The van der Waals surface area contributed by atoms with Crippen LogP contribution < -0.4 is 14.8 Å². The van der Waals surface area contributed by atoms with Gasteiger partial charge in [-0.05, 0) is 24.3 Å². The fourth-order valence-electron chi connectivity index (χ4n) is 2.29. The fraction of sp³-hybridized carbons (Fsp3) is 0.222. The van der Waals surface area contributed by atoms with Gasteiger partial charge < -0.3 is 23.9 Å². The molecular weight excluding hydrogens is 338 g/mol. The molecule has 0 spiro atoms. The summed E-state index contributed by atoms with van der Waals surface area (Å²) in [7, 11) is 3.15. The minimum absolute atomic E-state index is 0.245. The van der Waals surface area contributed by atoms with Gasteiger partial charge in [-0.2, -0.15) is 5.10 Å². The van der Waals surface area contributed by atoms with Crippen molar-refractivity contribution in [3.05, 3.63) is 48.4 Å². The van der Waals surface area contributed by atoms with Crippen LogP contribution in [-0.4, -0.2) is 43.5 Å². The normalized spacial score (nSPS) is 10.5. The van der Waals surface area contributed by atoms with Crippen molar-refractivity contribution in [1.29, 1.82) is 0 Å². The summed E-state index contributed by atoms with van der Waals surface area (Å²) in [5.74, 6) is 1.33. The highest BCUT2D eigenvalue weighted by Crippen LogP contribution is 2.30. The molecule has 2 N–H and O–H groups in total. The van der Waals surface area contributed by atoms with Gasteiger partial charge in [0.2, 0.25) is 0 Å². The number of methoxy groups -OCH3 is 2. The Morgan fingerprint density at radius 1 is 1.19 bits per heavy atom. The van der Waals surface area contributed by atoms with Crippen molar-refractivity contribution in [2.75, 3.05) is 32.8 Å². The minimum Gasteiger partial charge on any atom is -0.493 e. The minimum atomic E-state index is -0.355. The maximum Gasteiger partial charge on any atom is 0.276 e. The Balaban J connectivity index is 1.71. The highest BCUT2D eigenvalue weighted by Gasteiger charge is 2.14. The van der Waals surface area contributed by atoms with Crippen LogP contribution in [0.2, 0.25) is 0 Å². The standard InChI is InChI=1S/C18H19N3O5/c1-23-8-9-26-17-10-12(5-6-16(17)24-2)19-18(22)14-11-13(20-21-14)15-4-3-7-25-15/h3-7,10-11H,8-9H2,1-2H3,(H,19,22)(H,20,21). The van der Waals surface area contributed by atoms with Crippen LogP contribution in [0.5, 0.6) is 11.5 Å². The first-order valence-corrected chi connectivity index (χ1v) is 7.91. The molecule has 0 unspecified atom stereocenters. The molecule has 136 valence electrons. The number of anilines is 1. The van der Waals surface area contributed by atoms with Crippen LogP contribution in [0, 0.1) is 0 Å². The van der Waals surface area contributed by atoms with Crippen molar-refractivity contribution in [2.24, 2.45) is 0 Å². The number of carbonyl (C=O) groups excluding carboxylic acids is 1. The van der Waals surface area contributed by atoms with Crippen molar-refractivity contribution in [1.82, 2.24) is 10.2 Å². The molecule has 8 heteroatoms. The molecule has 0 radical (unpaired) electrons. The number of carbonyl (C=O) groups is 1. The lowest BCUT2D eigenvalue weighted by Crippen LogP contribution is -2.13. The Kier molecular flexibility index (Phi) is 5.55. The van der Waals surface area contributed by atoms with Gasteiger partial charge in [-0.3, -0.25) is 9.89 Å². The Labute approximate surface area is 150 Å². The van der Waals surface area contributed by atoms with E-state index >= 15 is 0 Å². The molecule has 0 aliphatic carbocycles. The molecule has 0 atom stereocenters. The molecule has 0 aliphatic heterocycles. The maximum atomic E-state index is 12.4. The number of rotatable bonds is 8. The van der Waals surface area contributed by atoms with E-state index in [1.807, 2.05) is 0 Å². The number of amides is 1. The molecule has 0 fully saturated rings. The second kappa shape index (κ2) is 8.21. The van der Waals surface area contributed by atoms with Crippen LogP contribution in [0.25, 0.3) is 11.5 Å². The van der Waals surface area contributed by atoms with Gasteiger partial charge >= 0.3 is 0 Å². The van der Waals surface area contributed by atoms with Crippen LogP contribution in [0.1, 0.15) is 10.5 Å². The number of aromatic nitrogens is 2. The smallest absolute Gasteiger partial charge is 0.276 e. The van der Waals surface area contributed by atoms with E-state index in [0.29, 0.717) is 41.9 Å². The van der Waals surface area contributed by atoms with Crippen LogP contribution >= 0.6 is 0 Å². The molecule has 2 heterocycles. The first-order chi connectivity index (χ1) is 12.7. The van der Waals surface area contributed by atoms with E-state index in [1.54, 1.807) is 56.9 Å². The van der Waals surface area contributed by atoms with Gasteiger partial charge in [0.05, 0.1) is 20.0 Å². The maximum absolute atomic E-state index is 12.4. The van der Waals surface area contributed by atoms with Crippen LogP contribution in [0.3, 0.4) is 0 Å². The van der Waals surface area contributed by atoms with Crippen molar-refractivity contribution in [3.8, 4) is 23.0 Å². The lowest BCUT2D eigenvalue weighted by molar-refractivity contribution is 0.102. The fourth-order valence-corrected chi connectivity index (χ4v) is 2.29. The number of hydrogen-bond donors (Lipinski definition) is 2. The zero-order chi connectivity index (χ0) is 18.4. The van der Waals surface area contributed by atoms with Gasteiger partial charge in [0, 0.05) is 24.9 Å². The molecule has 3 rings (SSSR count). The summed E-state index contributed by atoms with van der Waals surface area (Å²) >= 11 is 0. The highest BCUT2D eigenvalue weighted by molar-refractivity contribution is 6.03. The van der Waals surface area contributed by atoms with Crippen molar-refractivity contribution >= 4 is 11.6 Å². The lowest BCUT2D eigenvalue weighted by atomic mass is 10.2. The van der Waals surface area contributed by atoms with Gasteiger partial charge in [-0.25, -0.2) is 0 Å². The molecule has 2 aromatic heterocycles. The largest absolute Gasteiger partial charge is 0.493 e. The van der Waals surface area contributed by atoms with E-state index in [2.05, 4.69) is 15.5 Å². The van der Waals surface area contributed by atoms with E-state index < -0.39 is 0 Å². The Hall–Kier alpha value is -3.26. The monoisotopic (exact) mass is 357 g/mol. The number of aromatic amines is 1. The van der Waals surface area contributed by atoms with Crippen LogP contribution in [-0.2, 0) is 4.74 Å². The van der Waals surface area contributed by atoms with Gasteiger partial charge in [-0.15, -0.1) is 0 Å². The number of ether oxygens (including phenoxy) is 3. The predicted octanol–water partition coefficient (Wildman–Crippen LogP) is 2.96. The SMILES string of the molecule is COCCOc1cc(NC(=O)c2cc(-c3ccco3)[nH]n2)ccc1OC.